The first-order chi connectivity index (χ1) is 10.1. The van der Waals surface area contributed by atoms with Gasteiger partial charge in [0, 0.05) is 31.1 Å². The monoisotopic (exact) mass is 287 g/mol. The smallest absolute Gasteiger partial charge is 0.251 e. The van der Waals surface area contributed by atoms with Crippen LogP contribution in [-0.4, -0.2) is 35.3 Å². The zero-order valence-electron chi connectivity index (χ0n) is 12.2. The quantitative estimate of drug-likeness (QED) is 0.863. The number of nitrogens with two attached hydrogens (primary N) is 1. The summed E-state index contributed by atoms with van der Waals surface area (Å²) in [5.41, 5.74) is 7.15. The molecule has 1 saturated carbocycles. The van der Waals surface area contributed by atoms with Gasteiger partial charge in [0.2, 0.25) is 5.91 Å². The van der Waals surface area contributed by atoms with Gasteiger partial charge in [-0.2, -0.15) is 0 Å². The molecule has 1 aromatic rings. The molecule has 2 aliphatic rings. The van der Waals surface area contributed by atoms with Gasteiger partial charge in [-0.25, -0.2) is 0 Å². The lowest BCUT2D eigenvalue weighted by Crippen LogP contribution is -2.37. The molecule has 3 N–H and O–H groups in total. The van der Waals surface area contributed by atoms with Gasteiger partial charge in [-0.15, -0.1) is 0 Å². The van der Waals surface area contributed by atoms with Crippen LogP contribution in [0.1, 0.15) is 35.7 Å². The first-order valence-electron chi connectivity index (χ1n) is 7.48. The molecule has 5 heteroatoms. The minimum atomic E-state index is -0.123. The number of hydrogen-bond donors (Lipinski definition) is 2. The lowest BCUT2D eigenvalue weighted by Gasteiger charge is -2.17. The number of nitrogens with zero attached hydrogens (tertiary/aromatic N) is 1. The molecule has 1 aliphatic carbocycles. The van der Waals surface area contributed by atoms with E-state index in [0.29, 0.717) is 37.0 Å². The van der Waals surface area contributed by atoms with Gasteiger partial charge < -0.3 is 16.0 Å². The van der Waals surface area contributed by atoms with Gasteiger partial charge in [-0.3, -0.25) is 9.59 Å². The molecule has 21 heavy (non-hydrogen) atoms. The van der Waals surface area contributed by atoms with E-state index in [1.54, 1.807) is 12.1 Å². The van der Waals surface area contributed by atoms with Crippen LogP contribution in [0.5, 0.6) is 0 Å². The van der Waals surface area contributed by atoms with Crippen molar-refractivity contribution in [1.29, 1.82) is 0 Å². The summed E-state index contributed by atoms with van der Waals surface area (Å²) in [7, 11) is 0. The van der Waals surface area contributed by atoms with Gasteiger partial charge in [0.25, 0.3) is 5.91 Å². The van der Waals surface area contributed by atoms with Crippen LogP contribution in [0.15, 0.2) is 24.3 Å². The second-order valence-electron chi connectivity index (χ2n) is 6.10. The Kier molecular flexibility index (Phi) is 3.68. The molecule has 0 bridgehead atoms. The van der Waals surface area contributed by atoms with Crippen molar-refractivity contribution < 1.29 is 9.59 Å². The van der Waals surface area contributed by atoms with E-state index in [1.807, 2.05) is 17.0 Å². The second kappa shape index (κ2) is 5.48. The third-order valence-electron chi connectivity index (χ3n) is 4.41. The highest BCUT2D eigenvalue weighted by Gasteiger charge is 2.44. The summed E-state index contributed by atoms with van der Waals surface area (Å²) in [6.45, 7) is 3.26. The van der Waals surface area contributed by atoms with Crippen LogP contribution in [0.2, 0.25) is 0 Å². The Balaban J connectivity index is 1.58. The van der Waals surface area contributed by atoms with Crippen LogP contribution in [0.25, 0.3) is 0 Å². The fourth-order valence-corrected chi connectivity index (χ4v) is 2.95. The molecule has 2 fully saturated rings. The average Bonchev–Trinajstić information content (AvgIpc) is 3.09. The summed E-state index contributed by atoms with van der Waals surface area (Å²) < 4.78 is 0. The van der Waals surface area contributed by atoms with Crippen molar-refractivity contribution in [2.45, 2.75) is 38.4 Å². The summed E-state index contributed by atoms with van der Waals surface area (Å²) in [4.78, 5) is 26.1. The summed E-state index contributed by atoms with van der Waals surface area (Å²) in [6.07, 6.45) is 1.50. The van der Waals surface area contributed by atoms with Crippen molar-refractivity contribution in [3.8, 4) is 0 Å². The van der Waals surface area contributed by atoms with E-state index in [0.717, 1.165) is 12.0 Å². The lowest BCUT2D eigenvalue weighted by atomic mass is 10.1. The molecular formula is C16H21N3O2. The number of benzene rings is 1. The van der Waals surface area contributed by atoms with Crippen LogP contribution in [-0.2, 0) is 11.3 Å². The van der Waals surface area contributed by atoms with E-state index >= 15 is 0 Å². The number of likely N-dealkylation sites (tertiary alicyclic amines) is 1. The third-order valence-corrected chi connectivity index (χ3v) is 4.41. The molecule has 0 radical (unpaired) electrons. The third kappa shape index (κ3) is 2.93. The van der Waals surface area contributed by atoms with Gasteiger partial charge in [-0.1, -0.05) is 19.1 Å². The molecule has 2 amide bonds. The Labute approximate surface area is 124 Å². The predicted octanol–water partition coefficient (Wildman–Crippen LogP) is 0.884. The predicted molar refractivity (Wildman–Crippen MR) is 79.5 cm³/mol. The van der Waals surface area contributed by atoms with Crippen LogP contribution in [0.3, 0.4) is 0 Å². The highest BCUT2D eigenvalue weighted by atomic mass is 16.2. The molecule has 3 unspecified atom stereocenters. The Morgan fingerprint density at radius 3 is 2.62 bits per heavy atom. The molecule has 0 spiro atoms. The van der Waals surface area contributed by atoms with Gasteiger partial charge >= 0.3 is 0 Å². The summed E-state index contributed by atoms with van der Waals surface area (Å²) in [6, 6.07) is 7.57. The zero-order valence-corrected chi connectivity index (χ0v) is 12.2. The number of carbonyl (C=O) groups is 2. The maximum absolute atomic E-state index is 12.2. The van der Waals surface area contributed by atoms with Crippen molar-refractivity contribution >= 4 is 11.8 Å². The second-order valence-corrected chi connectivity index (χ2v) is 6.10. The SMILES string of the molecule is CC1CC1N1CC(NC(=O)c2ccc(CN)cc2)CC1=O. The van der Waals surface area contributed by atoms with Crippen molar-refractivity contribution in [1.82, 2.24) is 10.2 Å². The topological polar surface area (TPSA) is 75.4 Å². The molecule has 3 rings (SSSR count). The minimum Gasteiger partial charge on any atom is -0.347 e. The molecule has 3 atom stereocenters. The van der Waals surface area contributed by atoms with E-state index in [1.165, 1.54) is 0 Å². The highest BCUT2D eigenvalue weighted by Crippen LogP contribution is 2.37. The molecular weight excluding hydrogens is 266 g/mol. The van der Waals surface area contributed by atoms with Gasteiger partial charge in [0.1, 0.15) is 0 Å². The van der Waals surface area contributed by atoms with E-state index in [2.05, 4.69) is 12.2 Å². The van der Waals surface area contributed by atoms with E-state index in [4.69, 9.17) is 5.73 Å². The van der Waals surface area contributed by atoms with Crippen molar-refractivity contribution in [3.63, 3.8) is 0 Å². The number of nitrogens with one attached hydrogen (secondary N) is 1. The normalized spacial score (nSPS) is 27.8. The molecule has 112 valence electrons. The standard InChI is InChI=1S/C16H21N3O2/c1-10-6-14(10)19-9-13(7-15(19)20)18-16(21)12-4-2-11(8-17)3-5-12/h2-5,10,13-14H,6-9,17H2,1H3,(H,18,21). The minimum absolute atomic E-state index is 0.0769. The lowest BCUT2D eigenvalue weighted by molar-refractivity contribution is -0.128. The summed E-state index contributed by atoms with van der Waals surface area (Å²) in [5, 5.41) is 2.96. The Hall–Kier alpha value is -1.88. The number of hydrogen-bond acceptors (Lipinski definition) is 3. The Morgan fingerprint density at radius 1 is 1.38 bits per heavy atom. The van der Waals surface area contributed by atoms with Crippen molar-refractivity contribution in [2.24, 2.45) is 11.7 Å². The summed E-state index contributed by atoms with van der Waals surface area (Å²) >= 11 is 0. The van der Waals surface area contributed by atoms with Gasteiger partial charge in [0.15, 0.2) is 0 Å². The van der Waals surface area contributed by atoms with Gasteiger partial charge in [-0.05, 0) is 30.0 Å². The molecule has 1 heterocycles. The average molecular weight is 287 g/mol. The zero-order chi connectivity index (χ0) is 15.0. The van der Waals surface area contributed by atoms with Crippen LogP contribution >= 0.6 is 0 Å². The first kappa shape index (κ1) is 14.1. The molecule has 0 aromatic heterocycles. The molecule has 5 nitrogen and oxygen atoms in total. The van der Waals surface area contributed by atoms with Crippen molar-refractivity contribution in [3.05, 3.63) is 35.4 Å². The highest BCUT2D eigenvalue weighted by molar-refractivity contribution is 5.95. The summed E-state index contributed by atoms with van der Waals surface area (Å²) in [5.74, 6) is 0.641. The fraction of sp³-hybridized carbons (Fsp3) is 0.500. The fourth-order valence-electron chi connectivity index (χ4n) is 2.95. The molecule has 1 aromatic carbocycles. The van der Waals surface area contributed by atoms with Gasteiger partial charge in [0.05, 0.1) is 6.04 Å². The Bertz CT molecular complexity index is 555. The van der Waals surface area contributed by atoms with Crippen LogP contribution < -0.4 is 11.1 Å². The number of amides is 2. The maximum Gasteiger partial charge on any atom is 0.251 e. The van der Waals surface area contributed by atoms with Crippen molar-refractivity contribution in [2.75, 3.05) is 6.54 Å². The van der Waals surface area contributed by atoms with E-state index in [-0.39, 0.29) is 17.9 Å². The van der Waals surface area contributed by atoms with Crippen LogP contribution in [0, 0.1) is 5.92 Å². The van der Waals surface area contributed by atoms with E-state index in [9.17, 15) is 9.59 Å². The maximum atomic E-state index is 12.2. The largest absolute Gasteiger partial charge is 0.347 e. The number of rotatable bonds is 4. The van der Waals surface area contributed by atoms with Crippen LogP contribution in [0.4, 0.5) is 0 Å². The number of carbonyl (C=O) groups excluding carboxylic acids is 2. The first-order valence-corrected chi connectivity index (χ1v) is 7.48. The molecule has 1 saturated heterocycles. The molecule has 1 aliphatic heterocycles. The van der Waals surface area contributed by atoms with E-state index < -0.39 is 0 Å². The Morgan fingerprint density at radius 2 is 2.05 bits per heavy atom.